The lowest BCUT2D eigenvalue weighted by molar-refractivity contribution is 0.347. The van der Waals surface area contributed by atoms with Crippen LogP contribution in [0.25, 0.3) is 22.0 Å². The maximum Gasteiger partial charge on any atom is 0.219 e. The Hall–Kier alpha value is -5.11. The fourth-order valence-electron chi connectivity index (χ4n) is 8.01. The van der Waals surface area contributed by atoms with Gasteiger partial charge in [0.1, 0.15) is 0 Å². The second-order valence-electron chi connectivity index (χ2n) is 13.9. The summed E-state index contributed by atoms with van der Waals surface area (Å²) in [6, 6.07) is 38.0. The van der Waals surface area contributed by atoms with Crippen LogP contribution in [-0.4, -0.2) is 42.0 Å². The molecule has 2 aliphatic rings. The van der Waals surface area contributed by atoms with Crippen LogP contribution in [0.3, 0.4) is 0 Å². The fraction of sp³-hybridized carbons (Fsp3) is 0.167. The Morgan fingerprint density at radius 1 is 0.685 bits per heavy atom. The van der Waals surface area contributed by atoms with Crippen molar-refractivity contribution in [3.8, 4) is 11.1 Å². The number of anilines is 1. The monoisotopic (exact) mass is 771 g/mol. The fourth-order valence-corrected chi connectivity index (χ4v) is 12.3. The van der Waals surface area contributed by atoms with Crippen molar-refractivity contribution in [1.82, 2.24) is 18.6 Å². The zero-order valence-corrected chi connectivity index (χ0v) is 31.6. The number of hydrogen-bond donors (Lipinski definition) is 2. The zero-order valence-electron chi connectivity index (χ0n) is 29.2. The zero-order chi connectivity index (χ0) is 37.0. The third-order valence-electron chi connectivity index (χ3n) is 10.6. The average Bonchev–Trinajstić information content (AvgIpc) is 3.91. The molecule has 272 valence electrons. The first-order valence-corrected chi connectivity index (χ1v) is 21.8. The van der Waals surface area contributed by atoms with E-state index >= 15 is 0 Å². The van der Waals surface area contributed by atoms with E-state index in [1.165, 1.54) is 11.3 Å². The van der Waals surface area contributed by atoms with E-state index in [-0.39, 0.29) is 11.5 Å². The second-order valence-corrected chi connectivity index (χ2v) is 18.8. The number of hydrogen-bond acceptors (Lipinski definition) is 7. The molecule has 9 nitrogen and oxygen atoms in total. The van der Waals surface area contributed by atoms with Gasteiger partial charge in [0.15, 0.2) is 5.13 Å². The first-order valence-electron chi connectivity index (χ1n) is 17.7. The number of nitrogens with one attached hydrogen (secondary N) is 1. The number of fused-ring (bicyclic) bond motifs is 3. The lowest BCUT2D eigenvalue weighted by Crippen LogP contribution is -2.40. The molecule has 7 aromatic rings. The molecule has 0 spiro atoms. The van der Waals surface area contributed by atoms with E-state index in [1.807, 2.05) is 115 Å². The summed E-state index contributed by atoms with van der Waals surface area (Å²) in [7, 11) is -7.42. The Kier molecular flexibility index (Phi) is 8.75. The maximum absolute atomic E-state index is 14.1. The van der Waals surface area contributed by atoms with E-state index < -0.39 is 32.1 Å². The highest BCUT2D eigenvalue weighted by atomic mass is 32.2. The minimum absolute atomic E-state index is 0.0837. The van der Waals surface area contributed by atoms with Crippen molar-refractivity contribution in [2.45, 2.75) is 36.6 Å². The highest BCUT2D eigenvalue weighted by Crippen LogP contribution is 2.44. The van der Waals surface area contributed by atoms with Crippen molar-refractivity contribution >= 4 is 47.4 Å². The molecule has 0 unspecified atom stereocenters. The Morgan fingerprint density at radius 2 is 1.31 bits per heavy atom. The Bertz CT molecular complexity index is 2730. The molecule has 9 rings (SSSR count). The number of H-pyrrole nitrogens is 1. The van der Waals surface area contributed by atoms with Gasteiger partial charge < -0.3 is 10.7 Å². The molecular formula is C42H37N5O4S3. The van der Waals surface area contributed by atoms with Crippen LogP contribution in [0.5, 0.6) is 0 Å². The molecule has 0 aliphatic carbocycles. The SMILES string of the molecule is Nc1ncc([C@@H]2c3ccccc3CCN2S(=O)(=O)Cc2ccc(-c3ccc4[nH]cc([C@H]5c6ccccc6CN5S(=O)(=O)Cc5ccccc5)c4c3)cc2)s1. The van der Waals surface area contributed by atoms with Crippen molar-refractivity contribution in [1.29, 1.82) is 0 Å². The van der Waals surface area contributed by atoms with Crippen molar-refractivity contribution in [3.63, 3.8) is 0 Å². The molecule has 2 aliphatic heterocycles. The molecule has 12 heteroatoms. The number of rotatable bonds is 9. The number of sulfonamides is 2. The van der Waals surface area contributed by atoms with Crippen LogP contribution < -0.4 is 5.73 Å². The quantitative estimate of drug-likeness (QED) is 0.154. The van der Waals surface area contributed by atoms with Gasteiger partial charge >= 0.3 is 0 Å². The standard InChI is InChI=1S/C42H37N5O4S3/c43-42-45-24-39(52-42)41-34-12-6-4-10-31(34)20-21-46(41)53(48,49)27-29-14-16-30(17-15-29)32-18-19-38-36(22-32)37(23-44-38)40-35-13-7-5-11-33(35)25-47(40)54(50,51)26-28-8-2-1-3-9-28/h1-19,22-24,40-41,44H,20-21,25-27H2,(H2,43,45)/t40-,41+/m1/s1. The van der Waals surface area contributed by atoms with Gasteiger partial charge in [-0.1, -0.05) is 109 Å². The molecular weight excluding hydrogens is 735 g/mol. The summed E-state index contributed by atoms with van der Waals surface area (Å²) in [5.41, 5.74) is 15.1. The number of nitrogen functional groups attached to an aromatic ring is 1. The predicted octanol–water partition coefficient (Wildman–Crippen LogP) is 7.79. The van der Waals surface area contributed by atoms with Crippen LogP contribution in [0.4, 0.5) is 5.13 Å². The summed E-state index contributed by atoms with van der Waals surface area (Å²) in [6.07, 6.45) is 4.24. The summed E-state index contributed by atoms with van der Waals surface area (Å²) in [5.74, 6) is -0.227. The van der Waals surface area contributed by atoms with Gasteiger partial charge in [-0.3, -0.25) is 0 Å². The van der Waals surface area contributed by atoms with Gasteiger partial charge in [0.05, 0.1) is 23.6 Å². The summed E-state index contributed by atoms with van der Waals surface area (Å²) >= 11 is 1.32. The first kappa shape index (κ1) is 34.6. The largest absolute Gasteiger partial charge is 0.375 e. The van der Waals surface area contributed by atoms with Gasteiger partial charge in [-0.2, -0.15) is 8.61 Å². The smallest absolute Gasteiger partial charge is 0.219 e. The number of aromatic amines is 1. The third kappa shape index (κ3) is 6.33. The number of thiazole rings is 1. The Morgan fingerprint density at radius 3 is 2.04 bits per heavy atom. The molecule has 3 N–H and O–H groups in total. The Labute approximate surface area is 318 Å². The van der Waals surface area contributed by atoms with E-state index in [4.69, 9.17) is 5.73 Å². The van der Waals surface area contributed by atoms with Gasteiger partial charge in [0, 0.05) is 46.8 Å². The summed E-state index contributed by atoms with van der Waals surface area (Å²) in [6.45, 7) is 0.672. The molecule has 0 saturated heterocycles. The van der Waals surface area contributed by atoms with Crippen molar-refractivity contribution in [3.05, 3.63) is 178 Å². The highest BCUT2D eigenvalue weighted by Gasteiger charge is 2.40. The van der Waals surface area contributed by atoms with Crippen LogP contribution in [0, 0.1) is 0 Å². The molecule has 0 amide bonds. The number of benzene rings is 5. The molecule has 0 bridgehead atoms. The molecule has 0 fully saturated rings. The summed E-state index contributed by atoms with van der Waals surface area (Å²) < 4.78 is 59.5. The minimum Gasteiger partial charge on any atom is -0.375 e. The second kappa shape index (κ2) is 13.6. The molecule has 4 heterocycles. The van der Waals surface area contributed by atoms with E-state index in [2.05, 4.69) is 22.1 Å². The van der Waals surface area contributed by atoms with Crippen LogP contribution in [0.1, 0.15) is 55.9 Å². The van der Waals surface area contributed by atoms with Crippen LogP contribution in [0.2, 0.25) is 0 Å². The van der Waals surface area contributed by atoms with Gasteiger partial charge in [-0.05, 0) is 63.1 Å². The molecule has 0 saturated carbocycles. The number of nitrogens with two attached hydrogens (primary N) is 1. The Balaban J connectivity index is 1.01. The molecule has 54 heavy (non-hydrogen) atoms. The lowest BCUT2D eigenvalue weighted by Gasteiger charge is -2.35. The summed E-state index contributed by atoms with van der Waals surface area (Å²) in [4.78, 5) is 8.41. The number of aromatic nitrogens is 2. The predicted molar refractivity (Wildman–Crippen MR) is 214 cm³/mol. The number of nitrogens with zero attached hydrogens (tertiary/aromatic N) is 3. The molecule has 0 radical (unpaired) electrons. The van der Waals surface area contributed by atoms with E-state index in [1.54, 1.807) is 14.8 Å². The molecule has 2 aromatic heterocycles. The van der Waals surface area contributed by atoms with Gasteiger partial charge in [0.2, 0.25) is 20.0 Å². The highest BCUT2D eigenvalue weighted by molar-refractivity contribution is 7.88. The van der Waals surface area contributed by atoms with Crippen molar-refractivity contribution in [2.24, 2.45) is 0 Å². The minimum atomic E-state index is -3.73. The van der Waals surface area contributed by atoms with Crippen molar-refractivity contribution < 1.29 is 16.8 Å². The third-order valence-corrected chi connectivity index (χ3v) is 15.0. The lowest BCUT2D eigenvalue weighted by atomic mass is 9.94. The van der Waals surface area contributed by atoms with Crippen LogP contribution >= 0.6 is 11.3 Å². The molecule has 2 atom stereocenters. The van der Waals surface area contributed by atoms with E-state index in [0.717, 1.165) is 60.3 Å². The van der Waals surface area contributed by atoms with E-state index in [9.17, 15) is 16.8 Å². The van der Waals surface area contributed by atoms with Gasteiger partial charge in [0.25, 0.3) is 0 Å². The normalized spacial score (nSPS) is 17.8. The van der Waals surface area contributed by atoms with Gasteiger partial charge in [-0.25, -0.2) is 21.8 Å². The average molecular weight is 772 g/mol. The van der Waals surface area contributed by atoms with Gasteiger partial charge in [-0.15, -0.1) is 11.3 Å². The van der Waals surface area contributed by atoms with Crippen LogP contribution in [0.15, 0.2) is 134 Å². The van der Waals surface area contributed by atoms with Crippen molar-refractivity contribution in [2.75, 3.05) is 12.3 Å². The topological polar surface area (TPSA) is 129 Å². The first-order chi connectivity index (χ1) is 26.1. The summed E-state index contributed by atoms with van der Waals surface area (Å²) in [5, 5.41) is 1.34. The van der Waals surface area contributed by atoms with E-state index in [0.29, 0.717) is 30.2 Å². The van der Waals surface area contributed by atoms with Crippen LogP contribution in [-0.2, 0) is 44.5 Å². The maximum atomic E-state index is 14.1. The molecule has 5 aromatic carbocycles.